The van der Waals surface area contributed by atoms with Crippen molar-refractivity contribution in [3.05, 3.63) is 35.6 Å². The molecular weight excluding hydrogens is 283 g/mol. The van der Waals surface area contributed by atoms with Gasteiger partial charge >= 0.3 is 5.97 Å². The molecule has 1 aromatic carbocycles. The van der Waals surface area contributed by atoms with Gasteiger partial charge in [-0.05, 0) is 36.5 Å². The summed E-state index contributed by atoms with van der Waals surface area (Å²) >= 11 is 0. The molecule has 1 aliphatic heterocycles. The summed E-state index contributed by atoms with van der Waals surface area (Å²) in [4.78, 5) is 11.9. The number of ether oxygens (including phenoxy) is 1. The summed E-state index contributed by atoms with van der Waals surface area (Å²) in [5.74, 6) is -0.750. The van der Waals surface area contributed by atoms with Crippen molar-refractivity contribution in [3.63, 3.8) is 0 Å². The lowest BCUT2D eigenvalue weighted by molar-refractivity contribution is -0.149. The Hall–Kier alpha value is -1.43. The van der Waals surface area contributed by atoms with E-state index in [1.807, 2.05) is 0 Å². The van der Waals surface area contributed by atoms with Gasteiger partial charge in [-0.25, -0.2) is 12.8 Å². The number of carbonyl (C=O) groups is 1. The van der Waals surface area contributed by atoms with Crippen LogP contribution in [0.2, 0.25) is 0 Å². The van der Waals surface area contributed by atoms with Crippen LogP contribution in [-0.2, 0) is 19.4 Å². The highest BCUT2D eigenvalue weighted by atomic mass is 32.2. The minimum atomic E-state index is -3.04. The van der Waals surface area contributed by atoms with Gasteiger partial charge in [-0.1, -0.05) is 12.1 Å². The maximum Gasteiger partial charge on any atom is 0.309 e. The molecule has 4 nitrogen and oxygen atoms in total. The molecule has 2 aliphatic rings. The molecule has 20 heavy (non-hydrogen) atoms. The van der Waals surface area contributed by atoms with Crippen LogP contribution in [0.25, 0.3) is 0 Å². The number of esters is 1. The Kier molecular flexibility index (Phi) is 3.28. The fourth-order valence-electron chi connectivity index (χ4n) is 2.64. The van der Waals surface area contributed by atoms with E-state index < -0.39 is 15.9 Å². The van der Waals surface area contributed by atoms with Crippen molar-refractivity contribution in [2.24, 2.45) is 5.92 Å². The molecule has 3 rings (SSSR count). The van der Waals surface area contributed by atoms with Gasteiger partial charge in [-0.3, -0.25) is 4.79 Å². The zero-order valence-corrected chi connectivity index (χ0v) is 11.6. The van der Waals surface area contributed by atoms with Gasteiger partial charge in [-0.15, -0.1) is 0 Å². The predicted molar refractivity (Wildman–Crippen MR) is 70.4 cm³/mol. The standard InChI is InChI=1S/C14H15FO4S/c15-10-3-1-9(2-4-10)12-7-13(12)14(16)19-11-5-6-20(17,18)8-11/h1-4,11-13H,5-8H2/t11-,12+,13-/m1/s1. The predicted octanol–water partition coefficient (Wildman–Crippen LogP) is 1.66. The molecule has 0 N–H and O–H groups in total. The quantitative estimate of drug-likeness (QED) is 0.796. The molecule has 2 fully saturated rings. The second-order valence-electron chi connectivity index (χ2n) is 5.46. The lowest BCUT2D eigenvalue weighted by atomic mass is 10.1. The summed E-state index contributed by atoms with van der Waals surface area (Å²) in [6.07, 6.45) is 0.577. The first-order chi connectivity index (χ1) is 9.44. The highest BCUT2D eigenvalue weighted by Crippen LogP contribution is 2.48. The van der Waals surface area contributed by atoms with Crippen molar-refractivity contribution in [1.29, 1.82) is 0 Å². The normalized spacial score (nSPS) is 30.9. The third kappa shape index (κ3) is 2.85. The lowest BCUT2D eigenvalue weighted by Gasteiger charge is -2.10. The van der Waals surface area contributed by atoms with Crippen molar-refractivity contribution in [3.8, 4) is 0 Å². The molecule has 0 aromatic heterocycles. The average Bonchev–Trinajstić information content (AvgIpc) is 3.10. The van der Waals surface area contributed by atoms with E-state index in [0.717, 1.165) is 5.56 Å². The summed E-state index contributed by atoms with van der Waals surface area (Å²) in [7, 11) is -3.04. The van der Waals surface area contributed by atoms with E-state index in [2.05, 4.69) is 0 Å². The Labute approximate surface area is 116 Å². The Balaban J connectivity index is 1.57. The van der Waals surface area contributed by atoms with E-state index in [1.54, 1.807) is 12.1 Å². The molecule has 0 unspecified atom stereocenters. The molecule has 0 amide bonds. The molecule has 0 bridgehead atoms. The first-order valence-electron chi connectivity index (χ1n) is 6.61. The van der Waals surface area contributed by atoms with Crippen molar-refractivity contribution >= 4 is 15.8 Å². The number of hydrogen-bond donors (Lipinski definition) is 0. The van der Waals surface area contributed by atoms with Crippen LogP contribution in [0.3, 0.4) is 0 Å². The van der Waals surface area contributed by atoms with Crippen LogP contribution in [0.4, 0.5) is 4.39 Å². The van der Waals surface area contributed by atoms with E-state index in [1.165, 1.54) is 12.1 Å². The summed E-state index contributed by atoms with van der Waals surface area (Å²) in [6, 6.07) is 6.10. The van der Waals surface area contributed by atoms with E-state index >= 15 is 0 Å². The van der Waals surface area contributed by atoms with Crippen molar-refractivity contribution in [1.82, 2.24) is 0 Å². The van der Waals surface area contributed by atoms with Crippen molar-refractivity contribution in [2.75, 3.05) is 11.5 Å². The number of sulfone groups is 1. The minimum Gasteiger partial charge on any atom is -0.461 e. The van der Waals surface area contributed by atoms with Crippen molar-refractivity contribution in [2.45, 2.75) is 24.9 Å². The molecular formula is C14H15FO4S. The SMILES string of the molecule is O=C(O[C@@H]1CCS(=O)(=O)C1)[C@@H]1C[C@H]1c1ccc(F)cc1. The maximum atomic E-state index is 12.8. The van der Waals surface area contributed by atoms with Gasteiger partial charge in [0.1, 0.15) is 11.9 Å². The molecule has 1 aliphatic carbocycles. The van der Waals surface area contributed by atoms with E-state index in [4.69, 9.17) is 4.74 Å². The molecule has 3 atom stereocenters. The molecule has 108 valence electrons. The van der Waals surface area contributed by atoms with Gasteiger partial charge in [0.2, 0.25) is 0 Å². The summed E-state index contributed by atoms with van der Waals surface area (Å²) in [5, 5.41) is 0. The fourth-order valence-corrected chi connectivity index (χ4v) is 4.23. The number of rotatable bonds is 3. The van der Waals surface area contributed by atoms with Gasteiger partial charge < -0.3 is 4.74 Å². The van der Waals surface area contributed by atoms with Crippen LogP contribution in [0.15, 0.2) is 24.3 Å². The van der Waals surface area contributed by atoms with Crippen LogP contribution >= 0.6 is 0 Å². The minimum absolute atomic E-state index is 0.0628. The largest absolute Gasteiger partial charge is 0.461 e. The van der Waals surface area contributed by atoms with Gasteiger partial charge in [0.15, 0.2) is 9.84 Å². The van der Waals surface area contributed by atoms with Crippen LogP contribution < -0.4 is 0 Å². The summed E-state index contributed by atoms with van der Waals surface area (Å²) in [5.41, 5.74) is 0.924. The first kappa shape index (κ1) is 13.5. The Bertz CT molecular complexity index is 623. The maximum absolute atomic E-state index is 12.8. The third-order valence-corrected chi connectivity index (χ3v) is 5.60. The van der Waals surface area contributed by atoms with E-state index in [0.29, 0.717) is 12.8 Å². The molecule has 6 heteroatoms. The van der Waals surface area contributed by atoms with Gasteiger partial charge in [0.05, 0.1) is 17.4 Å². The van der Waals surface area contributed by atoms with E-state index in [9.17, 15) is 17.6 Å². The van der Waals surface area contributed by atoms with E-state index in [-0.39, 0.29) is 35.1 Å². The lowest BCUT2D eigenvalue weighted by Crippen LogP contribution is -2.20. The highest BCUT2D eigenvalue weighted by molar-refractivity contribution is 7.91. The summed E-state index contributed by atoms with van der Waals surface area (Å²) in [6.45, 7) is 0. The molecule has 1 heterocycles. The number of benzene rings is 1. The van der Waals surface area contributed by atoms with Crippen LogP contribution in [0.1, 0.15) is 24.3 Å². The van der Waals surface area contributed by atoms with Gasteiger partial charge in [0.25, 0.3) is 0 Å². The van der Waals surface area contributed by atoms with Crippen LogP contribution in [0.5, 0.6) is 0 Å². The summed E-state index contributed by atoms with van der Waals surface area (Å²) < 4.78 is 40.7. The Morgan fingerprint density at radius 3 is 2.55 bits per heavy atom. The molecule has 0 spiro atoms. The Morgan fingerprint density at radius 1 is 1.25 bits per heavy atom. The monoisotopic (exact) mass is 298 g/mol. The van der Waals surface area contributed by atoms with Crippen LogP contribution in [-0.4, -0.2) is 32.0 Å². The number of hydrogen-bond acceptors (Lipinski definition) is 4. The third-order valence-electron chi connectivity index (χ3n) is 3.86. The molecule has 0 radical (unpaired) electrons. The number of halogens is 1. The second-order valence-corrected chi connectivity index (χ2v) is 7.69. The van der Waals surface area contributed by atoms with Crippen molar-refractivity contribution < 1.29 is 22.3 Å². The van der Waals surface area contributed by atoms with Crippen LogP contribution in [0, 0.1) is 11.7 Å². The van der Waals surface area contributed by atoms with Gasteiger partial charge in [-0.2, -0.15) is 0 Å². The Morgan fingerprint density at radius 2 is 1.95 bits per heavy atom. The topological polar surface area (TPSA) is 60.4 Å². The second kappa shape index (κ2) is 4.84. The molecule has 1 saturated carbocycles. The zero-order chi connectivity index (χ0) is 14.3. The zero-order valence-electron chi connectivity index (χ0n) is 10.8. The molecule has 1 saturated heterocycles. The molecule has 1 aromatic rings. The highest BCUT2D eigenvalue weighted by Gasteiger charge is 2.46. The first-order valence-corrected chi connectivity index (χ1v) is 8.43. The average molecular weight is 298 g/mol. The number of carbonyl (C=O) groups excluding carboxylic acids is 1. The van der Waals surface area contributed by atoms with Gasteiger partial charge in [0, 0.05) is 0 Å². The fraction of sp³-hybridized carbons (Fsp3) is 0.500. The smallest absolute Gasteiger partial charge is 0.309 e.